The molecule has 1 nitrogen and oxygen atoms in total. The second kappa shape index (κ2) is 5.73. The lowest BCUT2D eigenvalue weighted by molar-refractivity contribution is 0.322. The first kappa shape index (κ1) is 11.2. The Kier molecular flexibility index (Phi) is 4.03. The number of aliphatic hydroxyl groups excluding tert-OH is 1. The van der Waals surface area contributed by atoms with Gasteiger partial charge in [-0.25, -0.2) is 0 Å². The third-order valence-corrected chi connectivity index (χ3v) is 3.37. The van der Waals surface area contributed by atoms with E-state index >= 15 is 0 Å². The smallest absolute Gasteiger partial charge is 0.0525 e. The maximum atomic E-state index is 8.87. The van der Waals surface area contributed by atoms with Gasteiger partial charge in [-0.15, -0.1) is 11.8 Å². The molecule has 0 aliphatic heterocycles. The van der Waals surface area contributed by atoms with Gasteiger partial charge in [0.05, 0.1) is 6.61 Å². The largest absolute Gasteiger partial charge is 0.396 e. The molecule has 2 heteroatoms. The summed E-state index contributed by atoms with van der Waals surface area (Å²) in [4.78, 5) is 1.22. The topological polar surface area (TPSA) is 20.2 Å². The Morgan fingerprint density at radius 1 is 0.875 bits per heavy atom. The number of rotatable bonds is 4. The van der Waals surface area contributed by atoms with Gasteiger partial charge in [-0.2, -0.15) is 0 Å². The molecule has 0 aromatic heterocycles. The zero-order valence-electron chi connectivity index (χ0n) is 8.97. The van der Waals surface area contributed by atoms with E-state index in [4.69, 9.17) is 5.11 Å². The molecule has 0 aliphatic rings. The van der Waals surface area contributed by atoms with Crippen LogP contribution in [0.25, 0.3) is 11.1 Å². The Morgan fingerprint density at radius 2 is 1.56 bits per heavy atom. The molecule has 0 saturated heterocycles. The van der Waals surface area contributed by atoms with Gasteiger partial charge in [-0.05, 0) is 17.2 Å². The van der Waals surface area contributed by atoms with Crippen LogP contribution in [0.1, 0.15) is 0 Å². The Balaban J connectivity index is 2.33. The summed E-state index contributed by atoms with van der Waals surface area (Å²) in [5.74, 6) is 0.740. The SMILES string of the molecule is OCCSc1ccccc1-c1ccccc1. The molecule has 0 radical (unpaired) electrons. The van der Waals surface area contributed by atoms with Crippen LogP contribution in [0.3, 0.4) is 0 Å². The Labute approximate surface area is 100 Å². The second-order valence-electron chi connectivity index (χ2n) is 3.43. The van der Waals surface area contributed by atoms with Crippen LogP contribution in [0.2, 0.25) is 0 Å². The Bertz CT molecular complexity index is 439. The van der Waals surface area contributed by atoms with Crippen LogP contribution >= 0.6 is 11.8 Å². The fourth-order valence-electron chi connectivity index (χ4n) is 1.60. The van der Waals surface area contributed by atoms with E-state index in [0.29, 0.717) is 0 Å². The van der Waals surface area contributed by atoms with Crippen molar-refractivity contribution in [2.24, 2.45) is 0 Å². The zero-order chi connectivity index (χ0) is 11.2. The first-order chi connectivity index (χ1) is 7.92. The van der Waals surface area contributed by atoms with Crippen molar-refractivity contribution in [2.75, 3.05) is 12.4 Å². The molecule has 0 bridgehead atoms. The molecule has 82 valence electrons. The molecule has 0 spiro atoms. The molecule has 0 saturated carbocycles. The van der Waals surface area contributed by atoms with Crippen molar-refractivity contribution in [1.82, 2.24) is 0 Å². The predicted octanol–water partition coefficient (Wildman–Crippen LogP) is 3.44. The van der Waals surface area contributed by atoms with Gasteiger partial charge in [0.2, 0.25) is 0 Å². The minimum absolute atomic E-state index is 0.216. The highest BCUT2D eigenvalue weighted by atomic mass is 32.2. The number of thioether (sulfide) groups is 1. The van der Waals surface area contributed by atoms with E-state index in [1.165, 1.54) is 16.0 Å². The minimum Gasteiger partial charge on any atom is -0.396 e. The monoisotopic (exact) mass is 230 g/mol. The van der Waals surface area contributed by atoms with E-state index in [1.807, 2.05) is 30.3 Å². The van der Waals surface area contributed by atoms with Gasteiger partial charge in [0, 0.05) is 10.6 Å². The van der Waals surface area contributed by atoms with Crippen molar-refractivity contribution in [3.8, 4) is 11.1 Å². The summed E-state index contributed by atoms with van der Waals surface area (Å²) in [6, 6.07) is 18.6. The van der Waals surface area contributed by atoms with Crippen LogP contribution in [0.5, 0.6) is 0 Å². The first-order valence-electron chi connectivity index (χ1n) is 5.30. The van der Waals surface area contributed by atoms with Crippen molar-refractivity contribution in [3.63, 3.8) is 0 Å². The normalized spacial score (nSPS) is 10.3. The maximum Gasteiger partial charge on any atom is 0.0525 e. The van der Waals surface area contributed by atoms with E-state index < -0.39 is 0 Å². The Hall–Kier alpha value is -1.25. The minimum atomic E-state index is 0.216. The van der Waals surface area contributed by atoms with Gasteiger partial charge < -0.3 is 5.11 Å². The van der Waals surface area contributed by atoms with Gasteiger partial charge in [0.25, 0.3) is 0 Å². The van der Waals surface area contributed by atoms with Crippen molar-refractivity contribution < 1.29 is 5.11 Å². The number of benzene rings is 2. The van der Waals surface area contributed by atoms with Gasteiger partial charge in [0.1, 0.15) is 0 Å². The molecular weight excluding hydrogens is 216 g/mol. The third kappa shape index (κ3) is 2.65. The van der Waals surface area contributed by atoms with Crippen LogP contribution in [0.15, 0.2) is 59.5 Å². The summed E-state index contributed by atoms with van der Waals surface area (Å²) in [7, 11) is 0. The number of hydrogen-bond acceptors (Lipinski definition) is 2. The molecule has 2 aromatic rings. The van der Waals surface area contributed by atoms with E-state index in [0.717, 1.165) is 5.75 Å². The van der Waals surface area contributed by atoms with E-state index in [-0.39, 0.29) is 6.61 Å². The van der Waals surface area contributed by atoms with E-state index in [1.54, 1.807) is 11.8 Å². The summed E-state index contributed by atoms with van der Waals surface area (Å²) in [6.45, 7) is 0.216. The highest BCUT2D eigenvalue weighted by molar-refractivity contribution is 7.99. The second-order valence-corrected chi connectivity index (χ2v) is 4.57. The average molecular weight is 230 g/mol. The molecule has 0 fully saturated rings. The van der Waals surface area contributed by atoms with E-state index in [9.17, 15) is 0 Å². The maximum absolute atomic E-state index is 8.87. The van der Waals surface area contributed by atoms with Gasteiger partial charge in [-0.1, -0.05) is 48.5 Å². The van der Waals surface area contributed by atoms with Crippen molar-refractivity contribution in [1.29, 1.82) is 0 Å². The lowest BCUT2D eigenvalue weighted by Gasteiger charge is -2.08. The fourth-order valence-corrected chi connectivity index (χ4v) is 2.43. The standard InChI is InChI=1S/C14H14OS/c15-10-11-16-14-9-5-4-8-13(14)12-6-2-1-3-7-12/h1-9,15H,10-11H2. The van der Waals surface area contributed by atoms with Gasteiger partial charge >= 0.3 is 0 Å². The molecule has 0 unspecified atom stereocenters. The average Bonchev–Trinajstić information content (AvgIpc) is 2.38. The van der Waals surface area contributed by atoms with Gasteiger partial charge in [-0.3, -0.25) is 0 Å². The summed E-state index contributed by atoms with van der Waals surface area (Å²) in [5, 5.41) is 8.87. The molecular formula is C14H14OS. The molecule has 1 N–H and O–H groups in total. The Morgan fingerprint density at radius 3 is 2.31 bits per heavy atom. The zero-order valence-corrected chi connectivity index (χ0v) is 9.78. The molecule has 0 amide bonds. The van der Waals surface area contributed by atoms with Crippen LogP contribution in [-0.4, -0.2) is 17.5 Å². The highest BCUT2D eigenvalue weighted by Gasteiger charge is 2.03. The van der Waals surface area contributed by atoms with Crippen LogP contribution in [-0.2, 0) is 0 Å². The molecule has 16 heavy (non-hydrogen) atoms. The molecule has 0 atom stereocenters. The van der Waals surface area contributed by atoms with E-state index in [2.05, 4.69) is 24.3 Å². The number of hydrogen-bond donors (Lipinski definition) is 1. The molecule has 2 rings (SSSR count). The van der Waals surface area contributed by atoms with Crippen LogP contribution < -0.4 is 0 Å². The van der Waals surface area contributed by atoms with Crippen LogP contribution in [0, 0.1) is 0 Å². The van der Waals surface area contributed by atoms with Crippen LogP contribution in [0.4, 0.5) is 0 Å². The summed E-state index contributed by atoms with van der Waals surface area (Å²) < 4.78 is 0. The third-order valence-electron chi connectivity index (χ3n) is 2.32. The first-order valence-corrected chi connectivity index (χ1v) is 6.28. The lowest BCUT2D eigenvalue weighted by Crippen LogP contribution is -1.87. The number of aliphatic hydroxyl groups is 1. The summed E-state index contributed by atoms with van der Waals surface area (Å²) in [6.07, 6.45) is 0. The van der Waals surface area contributed by atoms with Crippen molar-refractivity contribution in [2.45, 2.75) is 4.90 Å². The molecule has 0 aliphatic carbocycles. The summed E-state index contributed by atoms with van der Waals surface area (Å²) in [5.41, 5.74) is 2.46. The quantitative estimate of drug-likeness (QED) is 0.812. The van der Waals surface area contributed by atoms with Gasteiger partial charge in [0.15, 0.2) is 0 Å². The van der Waals surface area contributed by atoms with Crippen molar-refractivity contribution >= 4 is 11.8 Å². The predicted molar refractivity (Wildman–Crippen MR) is 69.7 cm³/mol. The molecule has 2 aromatic carbocycles. The highest BCUT2D eigenvalue weighted by Crippen LogP contribution is 2.30. The lowest BCUT2D eigenvalue weighted by atomic mass is 10.1. The molecule has 0 heterocycles. The fraction of sp³-hybridized carbons (Fsp3) is 0.143. The van der Waals surface area contributed by atoms with Crippen molar-refractivity contribution in [3.05, 3.63) is 54.6 Å². The summed E-state index contributed by atoms with van der Waals surface area (Å²) >= 11 is 1.69.